The van der Waals surface area contributed by atoms with Gasteiger partial charge < -0.3 is 14.4 Å². The summed E-state index contributed by atoms with van der Waals surface area (Å²) in [6.07, 6.45) is -1.33. The average Bonchev–Trinajstić information content (AvgIpc) is 1.98. The van der Waals surface area contributed by atoms with E-state index < -0.39 is 35.7 Å². The van der Waals surface area contributed by atoms with Crippen LogP contribution in [0.5, 0.6) is 0 Å². The minimum atomic E-state index is -4.41. The third kappa shape index (κ3) is 8.88. The van der Waals surface area contributed by atoms with Gasteiger partial charge in [0.15, 0.2) is 0 Å². The van der Waals surface area contributed by atoms with Gasteiger partial charge in [-0.25, -0.2) is 4.18 Å². The predicted octanol–water partition coefficient (Wildman–Crippen LogP) is -2.48. The normalized spacial score (nSPS) is 12.8. The van der Waals surface area contributed by atoms with Gasteiger partial charge in [-0.3, -0.25) is 4.79 Å². The standard InChI is InChI=1S/C5H10O7S.Na.H/c1-4(7)12-13(9,10)11-3-5(8)2-6;;/h5-6,8H,2-3H2,1H3;;. The van der Waals surface area contributed by atoms with Crippen molar-refractivity contribution in [1.29, 1.82) is 0 Å². The van der Waals surface area contributed by atoms with Gasteiger partial charge in [0.25, 0.3) is 0 Å². The molecule has 0 aromatic heterocycles. The van der Waals surface area contributed by atoms with Gasteiger partial charge in [-0.1, -0.05) is 0 Å². The number of aliphatic hydroxyl groups excluding tert-OH is 2. The fourth-order valence-corrected chi connectivity index (χ4v) is 1.04. The van der Waals surface area contributed by atoms with Crippen LogP contribution in [0.4, 0.5) is 0 Å². The zero-order chi connectivity index (χ0) is 10.5. The van der Waals surface area contributed by atoms with Crippen LogP contribution in [0.15, 0.2) is 0 Å². The molecule has 0 radical (unpaired) electrons. The Balaban J connectivity index is 0. The van der Waals surface area contributed by atoms with Gasteiger partial charge in [0.1, 0.15) is 6.10 Å². The van der Waals surface area contributed by atoms with Crippen molar-refractivity contribution in [3.8, 4) is 0 Å². The molecule has 0 saturated carbocycles. The van der Waals surface area contributed by atoms with E-state index in [2.05, 4.69) is 8.37 Å². The first-order chi connectivity index (χ1) is 5.87. The average molecular weight is 238 g/mol. The van der Waals surface area contributed by atoms with Crippen molar-refractivity contribution < 1.29 is 31.8 Å². The summed E-state index contributed by atoms with van der Waals surface area (Å²) in [5.41, 5.74) is 0. The molecule has 0 aromatic rings. The van der Waals surface area contributed by atoms with E-state index in [4.69, 9.17) is 10.2 Å². The number of hydrogen-bond acceptors (Lipinski definition) is 7. The van der Waals surface area contributed by atoms with Crippen LogP contribution in [-0.4, -0.2) is 73.5 Å². The molecule has 1 atom stereocenters. The molecule has 0 spiro atoms. The first-order valence-corrected chi connectivity index (χ1v) is 4.59. The molecule has 0 aliphatic heterocycles. The molecule has 80 valence electrons. The van der Waals surface area contributed by atoms with Crippen molar-refractivity contribution >= 4 is 45.9 Å². The zero-order valence-corrected chi connectivity index (χ0v) is 7.65. The van der Waals surface area contributed by atoms with Crippen LogP contribution in [0.2, 0.25) is 0 Å². The maximum atomic E-state index is 10.6. The Morgan fingerprint density at radius 2 is 2.00 bits per heavy atom. The zero-order valence-electron chi connectivity index (χ0n) is 6.84. The van der Waals surface area contributed by atoms with Crippen molar-refractivity contribution in [2.75, 3.05) is 13.2 Å². The molecule has 14 heavy (non-hydrogen) atoms. The van der Waals surface area contributed by atoms with E-state index in [-0.39, 0.29) is 29.6 Å². The van der Waals surface area contributed by atoms with Gasteiger partial charge in [-0.2, -0.15) is 8.42 Å². The van der Waals surface area contributed by atoms with E-state index >= 15 is 0 Å². The summed E-state index contributed by atoms with van der Waals surface area (Å²) in [6.45, 7) is -0.412. The van der Waals surface area contributed by atoms with Crippen molar-refractivity contribution in [2.45, 2.75) is 13.0 Å². The number of carbonyl (C=O) groups excluding carboxylic acids is 1. The Morgan fingerprint density at radius 3 is 2.36 bits per heavy atom. The van der Waals surface area contributed by atoms with Crippen LogP contribution in [-0.2, 0) is 23.6 Å². The molecule has 0 aliphatic rings. The van der Waals surface area contributed by atoms with Gasteiger partial charge in [0, 0.05) is 6.92 Å². The van der Waals surface area contributed by atoms with Crippen molar-refractivity contribution in [1.82, 2.24) is 0 Å². The summed E-state index contributed by atoms with van der Waals surface area (Å²) in [5.74, 6) is -1.04. The third-order valence-corrected chi connectivity index (χ3v) is 1.70. The summed E-state index contributed by atoms with van der Waals surface area (Å²) in [7, 11) is -4.41. The second-order valence-electron chi connectivity index (χ2n) is 2.10. The van der Waals surface area contributed by atoms with E-state index in [0.717, 1.165) is 6.92 Å². The molecule has 0 bridgehead atoms. The Morgan fingerprint density at radius 1 is 1.50 bits per heavy atom. The monoisotopic (exact) mass is 238 g/mol. The Bertz CT molecular complexity index is 261. The van der Waals surface area contributed by atoms with Gasteiger partial charge in [0.05, 0.1) is 13.2 Å². The van der Waals surface area contributed by atoms with Gasteiger partial charge in [-0.05, 0) is 0 Å². The second-order valence-corrected chi connectivity index (χ2v) is 3.32. The van der Waals surface area contributed by atoms with E-state index in [1.165, 1.54) is 0 Å². The molecule has 0 saturated heterocycles. The SMILES string of the molecule is CC(=O)OS(=O)(=O)OCC(O)CO.[NaH]. The van der Waals surface area contributed by atoms with Crippen LogP contribution < -0.4 is 0 Å². The fourth-order valence-electron chi connectivity index (χ4n) is 0.382. The summed E-state index contributed by atoms with van der Waals surface area (Å²) >= 11 is 0. The van der Waals surface area contributed by atoms with Crippen LogP contribution in [0.1, 0.15) is 6.92 Å². The first kappa shape index (κ1) is 16.7. The Labute approximate surface area is 104 Å². The second kappa shape index (κ2) is 7.57. The van der Waals surface area contributed by atoms with Crippen LogP contribution >= 0.6 is 0 Å². The number of rotatable bonds is 5. The molecule has 1 unspecified atom stereocenters. The van der Waals surface area contributed by atoms with Crippen molar-refractivity contribution in [3.63, 3.8) is 0 Å². The molecule has 0 heterocycles. The quantitative estimate of drug-likeness (QED) is 0.510. The molecule has 0 aromatic carbocycles. The first-order valence-electron chi connectivity index (χ1n) is 3.25. The van der Waals surface area contributed by atoms with E-state index in [1.807, 2.05) is 0 Å². The molecule has 9 heteroatoms. The summed E-state index contributed by atoms with van der Waals surface area (Å²) in [4.78, 5) is 10.2. The van der Waals surface area contributed by atoms with Crippen molar-refractivity contribution in [2.24, 2.45) is 0 Å². The van der Waals surface area contributed by atoms with E-state index in [1.54, 1.807) is 0 Å². The molecule has 0 rings (SSSR count). The summed E-state index contributed by atoms with van der Waals surface area (Å²) in [5, 5.41) is 17.0. The number of hydrogen-bond donors (Lipinski definition) is 2. The topological polar surface area (TPSA) is 110 Å². The maximum absolute atomic E-state index is 10.6. The molecule has 0 aliphatic carbocycles. The molecule has 7 nitrogen and oxygen atoms in total. The molecule has 2 N–H and O–H groups in total. The number of aliphatic hydroxyl groups is 2. The Kier molecular flexibility index (Phi) is 9.04. The van der Waals surface area contributed by atoms with Crippen molar-refractivity contribution in [3.05, 3.63) is 0 Å². The fraction of sp³-hybridized carbons (Fsp3) is 0.800. The Hall–Kier alpha value is 0.300. The molecule has 0 amide bonds. The van der Waals surface area contributed by atoms with E-state index in [9.17, 15) is 13.2 Å². The minimum absolute atomic E-state index is 0. The predicted molar refractivity (Wildman–Crippen MR) is 46.9 cm³/mol. The summed E-state index contributed by atoms with van der Waals surface area (Å²) < 4.78 is 29.0. The van der Waals surface area contributed by atoms with Crippen LogP contribution in [0, 0.1) is 0 Å². The molecular formula is C5H11NaO7S. The van der Waals surface area contributed by atoms with Gasteiger partial charge in [0.2, 0.25) is 0 Å². The van der Waals surface area contributed by atoms with Crippen LogP contribution in [0.25, 0.3) is 0 Å². The molecule has 0 fully saturated rings. The summed E-state index contributed by atoms with van der Waals surface area (Å²) in [6, 6.07) is 0. The van der Waals surface area contributed by atoms with Gasteiger partial charge in [-0.15, -0.1) is 0 Å². The number of carbonyl (C=O) groups is 1. The molecular weight excluding hydrogens is 227 g/mol. The van der Waals surface area contributed by atoms with Gasteiger partial charge >= 0.3 is 45.9 Å². The third-order valence-electron chi connectivity index (χ3n) is 0.835. The van der Waals surface area contributed by atoms with Crippen LogP contribution in [0.3, 0.4) is 0 Å². The van der Waals surface area contributed by atoms with E-state index in [0.29, 0.717) is 0 Å².